The predicted molar refractivity (Wildman–Crippen MR) is 52.2 cm³/mol. The van der Waals surface area contributed by atoms with E-state index in [-0.39, 0.29) is 11.2 Å². The summed E-state index contributed by atoms with van der Waals surface area (Å²) >= 11 is 1.25. The molecule has 0 fully saturated rings. The molecule has 0 spiro atoms. The van der Waals surface area contributed by atoms with E-state index in [9.17, 15) is 4.79 Å². The molecule has 0 N–H and O–H groups in total. The third kappa shape index (κ3) is 6.82. The molecule has 3 nitrogen and oxygen atoms in total. The van der Waals surface area contributed by atoms with Gasteiger partial charge in [0.15, 0.2) is 5.12 Å². The van der Waals surface area contributed by atoms with Crippen molar-refractivity contribution in [1.82, 2.24) is 0 Å². The van der Waals surface area contributed by atoms with E-state index in [0.717, 1.165) is 0 Å². The number of carbonyl (C=O) groups excluding carboxylic acids is 1. The molecule has 0 aliphatic rings. The lowest BCUT2D eigenvalue weighted by Crippen LogP contribution is -2.20. The molecule has 0 aromatic rings. The quantitative estimate of drug-likeness (QED) is 0.456. The molecule has 0 bridgehead atoms. The highest BCUT2D eigenvalue weighted by Crippen LogP contribution is 2.07. The molecular weight excluding hydrogens is 182 g/mol. The lowest BCUT2D eigenvalue weighted by Gasteiger charge is -2.12. The Kier molecular flexibility index (Phi) is 7.38. The van der Waals surface area contributed by atoms with Gasteiger partial charge in [0, 0.05) is 22.1 Å². The van der Waals surface area contributed by atoms with Gasteiger partial charge in [0.2, 0.25) is 0 Å². The second-order valence-electron chi connectivity index (χ2n) is 1.99. The molecule has 0 saturated carbocycles. The maximum atomic E-state index is 10.5. The molecule has 0 heterocycles. The molecule has 0 aliphatic heterocycles. The molecule has 0 aromatic carbocycles. The fraction of sp³-hybridized carbons (Fsp3) is 0.800. The van der Waals surface area contributed by atoms with Crippen LogP contribution in [-0.2, 0) is 14.0 Å². The van der Waals surface area contributed by atoms with E-state index in [4.69, 9.17) is 9.18 Å². The van der Waals surface area contributed by atoms with E-state index in [1.54, 1.807) is 15.0 Å². The minimum atomic E-state index is 0.00130. The van der Waals surface area contributed by atoms with E-state index in [0.29, 0.717) is 12.4 Å². The van der Waals surface area contributed by atoms with Crippen LogP contribution >= 0.6 is 21.2 Å². The van der Waals surface area contributed by atoms with Crippen LogP contribution in [0.3, 0.4) is 0 Å². The van der Waals surface area contributed by atoms with Crippen LogP contribution in [0.1, 0.15) is 6.92 Å². The zero-order valence-corrected chi connectivity index (χ0v) is 8.67. The van der Waals surface area contributed by atoms with Crippen molar-refractivity contribution in [1.29, 1.82) is 0 Å². The largest absolute Gasteiger partial charge is 0.438 e. The Hall–Kier alpha value is 0.435. The Morgan fingerprint density at radius 1 is 1.82 bits per heavy atom. The maximum absolute atomic E-state index is 10.5. The molecule has 0 amide bonds. The predicted octanol–water partition coefficient (Wildman–Crippen LogP) is 0.00610. The first-order valence-electron chi connectivity index (χ1n) is 3.18. The second kappa shape index (κ2) is 7.10. The summed E-state index contributed by atoms with van der Waals surface area (Å²) in [6.07, 6.45) is 0.00130. The summed E-state index contributed by atoms with van der Waals surface area (Å²) in [4.78, 5) is 10.5. The molecule has 0 aromatic heterocycles. The van der Waals surface area contributed by atoms with Gasteiger partial charge in [0.25, 0.3) is 8.05 Å². The summed E-state index contributed by atoms with van der Waals surface area (Å²) < 4.78 is 9.82. The highest BCUT2D eigenvalue weighted by atomic mass is 32.2. The molecule has 0 aliphatic carbocycles. The van der Waals surface area contributed by atoms with Crippen LogP contribution in [0.25, 0.3) is 0 Å². The van der Waals surface area contributed by atoms with Crippen LogP contribution in [0.2, 0.25) is 0 Å². The SMILES string of the molecule is BOC(COP)CSC(C)=O. The number of thioether (sulfide) groups is 1. The van der Waals surface area contributed by atoms with Crippen LogP contribution in [0.5, 0.6) is 0 Å². The Labute approximate surface area is 74.3 Å². The number of rotatable bonds is 5. The van der Waals surface area contributed by atoms with Crippen LogP contribution < -0.4 is 0 Å². The van der Waals surface area contributed by atoms with Gasteiger partial charge in [-0.15, -0.1) is 0 Å². The van der Waals surface area contributed by atoms with Crippen molar-refractivity contribution >= 4 is 34.4 Å². The molecule has 6 heteroatoms. The molecule has 11 heavy (non-hydrogen) atoms. The van der Waals surface area contributed by atoms with Crippen LogP contribution in [0.4, 0.5) is 0 Å². The lowest BCUT2D eigenvalue weighted by molar-refractivity contribution is -0.109. The van der Waals surface area contributed by atoms with Gasteiger partial charge >= 0.3 is 0 Å². The van der Waals surface area contributed by atoms with Crippen molar-refractivity contribution in [2.75, 3.05) is 12.4 Å². The normalized spacial score (nSPS) is 12.9. The van der Waals surface area contributed by atoms with Crippen molar-refractivity contribution < 1.29 is 14.0 Å². The highest BCUT2D eigenvalue weighted by molar-refractivity contribution is 8.13. The molecular formula is C5H12BO3PS. The minimum Gasteiger partial charge on any atom is -0.438 e. The Bertz CT molecular complexity index is 124. The fourth-order valence-corrected chi connectivity index (χ4v) is 1.37. The van der Waals surface area contributed by atoms with Crippen LogP contribution in [0, 0.1) is 0 Å². The Balaban J connectivity index is 3.43. The third-order valence-electron chi connectivity index (χ3n) is 1.09. The molecule has 0 saturated heterocycles. The van der Waals surface area contributed by atoms with Crippen molar-refractivity contribution in [3.05, 3.63) is 0 Å². The molecule has 64 valence electrons. The van der Waals surface area contributed by atoms with Crippen molar-refractivity contribution in [2.45, 2.75) is 13.0 Å². The van der Waals surface area contributed by atoms with E-state index in [1.807, 2.05) is 0 Å². The monoisotopic (exact) mass is 194 g/mol. The van der Waals surface area contributed by atoms with Gasteiger partial charge in [-0.05, 0) is 0 Å². The van der Waals surface area contributed by atoms with Gasteiger partial charge in [-0.3, -0.25) is 4.79 Å². The zero-order valence-electron chi connectivity index (χ0n) is 6.70. The first-order valence-corrected chi connectivity index (χ1v) is 4.64. The Morgan fingerprint density at radius 3 is 2.82 bits per heavy atom. The van der Waals surface area contributed by atoms with E-state index in [1.165, 1.54) is 11.8 Å². The molecule has 2 atom stereocenters. The average molecular weight is 194 g/mol. The van der Waals surface area contributed by atoms with E-state index in [2.05, 4.69) is 9.47 Å². The van der Waals surface area contributed by atoms with Gasteiger partial charge < -0.3 is 9.18 Å². The maximum Gasteiger partial charge on any atom is 0.257 e. The number of hydrogen-bond acceptors (Lipinski definition) is 4. The fourth-order valence-electron chi connectivity index (χ4n) is 0.502. The summed E-state index contributed by atoms with van der Waals surface area (Å²) in [6.45, 7) is 2.04. The summed E-state index contributed by atoms with van der Waals surface area (Å²) in [6, 6.07) is 0. The first kappa shape index (κ1) is 11.4. The summed E-state index contributed by atoms with van der Waals surface area (Å²) in [5.41, 5.74) is 0. The van der Waals surface area contributed by atoms with Gasteiger partial charge in [-0.25, -0.2) is 0 Å². The molecule has 0 radical (unpaired) electrons. The van der Waals surface area contributed by atoms with Crippen molar-refractivity contribution in [2.24, 2.45) is 0 Å². The standard InChI is InChI=1S/C5H12BO3PS/c1-4(7)11-3-5(9-6)2-8-10/h5H,2-3,6,10H2,1H3. The Morgan fingerprint density at radius 2 is 2.45 bits per heavy atom. The van der Waals surface area contributed by atoms with E-state index >= 15 is 0 Å². The number of carbonyl (C=O) groups is 1. The van der Waals surface area contributed by atoms with Gasteiger partial charge in [-0.2, -0.15) is 0 Å². The van der Waals surface area contributed by atoms with Crippen molar-refractivity contribution in [3.8, 4) is 0 Å². The first-order chi connectivity index (χ1) is 5.20. The van der Waals surface area contributed by atoms with Crippen LogP contribution in [-0.4, -0.2) is 31.6 Å². The zero-order chi connectivity index (χ0) is 8.69. The third-order valence-corrected chi connectivity index (χ3v) is 2.23. The van der Waals surface area contributed by atoms with Gasteiger partial charge in [-0.1, -0.05) is 11.8 Å². The smallest absolute Gasteiger partial charge is 0.257 e. The van der Waals surface area contributed by atoms with Gasteiger partial charge in [0.05, 0.1) is 12.7 Å². The average Bonchev–Trinajstić information content (AvgIpc) is 1.97. The minimum absolute atomic E-state index is 0.00130. The summed E-state index contributed by atoms with van der Waals surface area (Å²) in [5, 5.41) is 0.107. The summed E-state index contributed by atoms with van der Waals surface area (Å²) in [5.74, 6) is 0.653. The topological polar surface area (TPSA) is 35.5 Å². The lowest BCUT2D eigenvalue weighted by atomic mass is 10.4. The highest BCUT2D eigenvalue weighted by Gasteiger charge is 2.07. The number of hydrogen-bond donors (Lipinski definition) is 0. The molecule has 2 unspecified atom stereocenters. The van der Waals surface area contributed by atoms with Crippen molar-refractivity contribution in [3.63, 3.8) is 0 Å². The van der Waals surface area contributed by atoms with Gasteiger partial charge in [0.1, 0.15) is 0 Å². The van der Waals surface area contributed by atoms with E-state index < -0.39 is 0 Å². The molecule has 0 rings (SSSR count). The summed E-state index contributed by atoms with van der Waals surface area (Å²) in [7, 11) is 3.76. The second-order valence-corrected chi connectivity index (χ2v) is 3.52. The van der Waals surface area contributed by atoms with Crippen LogP contribution in [0.15, 0.2) is 0 Å².